The van der Waals surface area contributed by atoms with Gasteiger partial charge in [-0.25, -0.2) is 0 Å². The molecule has 0 aliphatic carbocycles. The Morgan fingerprint density at radius 2 is 1.82 bits per heavy atom. The summed E-state index contributed by atoms with van der Waals surface area (Å²) >= 11 is 0. The maximum atomic E-state index is 9.05. The van der Waals surface area contributed by atoms with Gasteiger partial charge in [-0.05, 0) is 24.1 Å². The normalized spacial score (nSPS) is 17.1. The molecule has 1 saturated heterocycles. The molecule has 4 nitrogen and oxygen atoms in total. The second-order valence-electron chi connectivity index (χ2n) is 5.78. The quantitative estimate of drug-likeness (QED) is 0.874. The molecule has 114 valence electrons. The minimum Gasteiger partial charge on any atom is -0.379 e. The van der Waals surface area contributed by atoms with Crippen molar-refractivity contribution < 1.29 is 4.74 Å². The third-order valence-corrected chi connectivity index (χ3v) is 4.44. The second kappa shape index (κ2) is 6.35. The van der Waals surface area contributed by atoms with E-state index in [9.17, 15) is 0 Å². The molecule has 1 fully saturated rings. The maximum absolute atomic E-state index is 9.05. The van der Waals surface area contributed by atoms with Crippen molar-refractivity contribution in [3.05, 3.63) is 47.8 Å². The lowest BCUT2D eigenvalue weighted by Gasteiger charge is -2.32. The molecule has 0 spiro atoms. The first-order valence-electron chi connectivity index (χ1n) is 7.67. The Kier molecular flexibility index (Phi) is 4.28. The molecule has 1 aliphatic rings. The summed E-state index contributed by atoms with van der Waals surface area (Å²) in [6.07, 6.45) is 2.00. The van der Waals surface area contributed by atoms with Gasteiger partial charge in [0.15, 0.2) is 0 Å². The number of benzene rings is 1. The number of morpholine rings is 1. The molecule has 1 aromatic carbocycles. The molecule has 1 atom stereocenters. The molecule has 1 unspecified atom stereocenters. The minimum atomic E-state index is 0.406. The van der Waals surface area contributed by atoms with Crippen molar-refractivity contribution in [3.63, 3.8) is 0 Å². The van der Waals surface area contributed by atoms with Gasteiger partial charge in [0.05, 0.1) is 13.2 Å². The van der Waals surface area contributed by atoms with Crippen LogP contribution in [0.2, 0.25) is 0 Å². The number of aryl methyl sites for hydroxylation is 1. The van der Waals surface area contributed by atoms with E-state index in [2.05, 4.69) is 42.2 Å². The molecule has 0 radical (unpaired) electrons. The zero-order chi connectivity index (χ0) is 15.5. The predicted molar refractivity (Wildman–Crippen MR) is 86.4 cm³/mol. The highest BCUT2D eigenvalue weighted by Gasteiger charge is 2.18. The highest BCUT2D eigenvalue weighted by atomic mass is 16.5. The summed E-state index contributed by atoms with van der Waals surface area (Å²) in [7, 11) is 1.90. The van der Waals surface area contributed by atoms with Crippen LogP contribution >= 0.6 is 0 Å². The Hall–Kier alpha value is -2.09. The summed E-state index contributed by atoms with van der Waals surface area (Å²) in [6.45, 7) is 5.88. The van der Waals surface area contributed by atoms with Gasteiger partial charge in [-0.15, -0.1) is 0 Å². The Morgan fingerprint density at radius 1 is 1.14 bits per heavy atom. The molecule has 22 heavy (non-hydrogen) atoms. The average molecular weight is 295 g/mol. The van der Waals surface area contributed by atoms with Gasteiger partial charge in [0.1, 0.15) is 11.8 Å². The van der Waals surface area contributed by atoms with Gasteiger partial charge in [0.2, 0.25) is 0 Å². The van der Waals surface area contributed by atoms with E-state index in [4.69, 9.17) is 10.00 Å². The van der Waals surface area contributed by atoms with Gasteiger partial charge in [-0.2, -0.15) is 5.26 Å². The van der Waals surface area contributed by atoms with E-state index >= 15 is 0 Å². The summed E-state index contributed by atoms with van der Waals surface area (Å²) in [6, 6.07) is 13.2. The first-order chi connectivity index (χ1) is 10.7. The molecule has 0 bridgehead atoms. The highest BCUT2D eigenvalue weighted by Crippen LogP contribution is 2.26. The van der Waals surface area contributed by atoms with Gasteiger partial charge in [-0.1, -0.05) is 24.3 Å². The number of rotatable bonds is 3. The zero-order valence-electron chi connectivity index (χ0n) is 13.1. The third-order valence-electron chi connectivity index (χ3n) is 4.44. The molecular weight excluding hydrogens is 274 g/mol. The van der Waals surface area contributed by atoms with Crippen LogP contribution in [0, 0.1) is 11.3 Å². The molecular formula is C18H21N3O. The smallest absolute Gasteiger partial charge is 0.120 e. The number of ether oxygens (including phenoxy) is 1. The molecule has 3 rings (SSSR count). The Morgan fingerprint density at radius 3 is 2.41 bits per heavy atom. The number of hydrogen-bond acceptors (Lipinski definition) is 3. The summed E-state index contributed by atoms with van der Waals surface area (Å²) in [5, 5.41) is 9.05. The van der Waals surface area contributed by atoms with E-state index in [0.29, 0.717) is 11.7 Å². The second-order valence-corrected chi connectivity index (χ2v) is 5.78. The molecule has 2 aromatic rings. The monoisotopic (exact) mass is 295 g/mol. The van der Waals surface area contributed by atoms with Crippen molar-refractivity contribution in [2.24, 2.45) is 7.05 Å². The zero-order valence-corrected chi connectivity index (χ0v) is 13.1. The van der Waals surface area contributed by atoms with Crippen LogP contribution in [0.5, 0.6) is 0 Å². The van der Waals surface area contributed by atoms with Gasteiger partial charge in [0, 0.05) is 37.9 Å². The van der Waals surface area contributed by atoms with E-state index < -0.39 is 0 Å². The number of hydrogen-bond donors (Lipinski definition) is 0. The SMILES string of the molecule is CC(c1ccc(-c2cc(C#N)n(C)c2)cc1)N1CCOCC1. The van der Waals surface area contributed by atoms with Gasteiger partial charge in [-0.3, -0.25) is 4.90 Å². The van der Waals surface area contributed by atoms with E-state index in [0.717, 1.165) is 37.4 Å². The van der Waals surface area contributed by atoms with Crippen molar-refractivity contribution in [1.29, 1.82) is 5.26 Å². The van der Waals surface area contributed by atoms with Gasteiger partial charge >= 0.3 is 0 Å². The van der Waals surface area contributed by atoms with Crippen LogP contribution < -0.4 is 0 Å². The molecule has 2 heterocycles. The van der Waals surface area contributed by atoms with Crippen LogP contribution in [0.4, 0.5) is 0 Å². The van der Waals surface area contributed by atoms with E-state index in [1.165, 1.54) is 5.56 Å². The van der Waals surface area contributed by atoms with Crippen molar-refractivity contribution in [2.45, 2.75) is 13.0 Å². The third kappa shape index (κ3) is 2.92. The van der Waals surface area contributed by atoms with E-state index in [1.54, 1.807) is 0 Å². The molecule has 0 saturated carbocycles. The lowest BCUT2D eigenvalue weighted by atomic mass is 10.0. The van der Waals surface area contributed by atoms with Crippen LogP contribution in [-0.2, 0) is 11.8 Å². The van der Waals surface area contributed by atoms with Gasteiger partial charge < -0.3 is 9.30 Å². The maximum Gasteiger partial charge on any atom is 0.120 e. The molecule has 0 N–H and O–H groups in total. The molecule has 1 aromatic heterocycles. The van der Waals surface area contributed by atoms with Gasteiger partial charge in [0.25, 0.3) is 0 Å². The summed E-state index contributed by atoms with van der Waals surface area (Å²) < 4.78 is 7.28. The first kappa shape index (κ1) is 14.8. The van der Waals surface area contributed by atoms with Crippen molar-refractivity contribution >= 4 is 0 Å². The number of nitriles is 1. The van der Waals surface area contributed by atoms with Crippen LogP contribution in [0.15, 0.2) is 36.5 Å². The summed E-state index contributed by atoms with van der Waals surface area (Å²) in [4.78, 5) is 2.45. The Balaban J connectivity index is 1.78. The topological polar surface area (TPSA) is 41.2 Å². The van der Waals surface area contributed by atoms with Crippen molar-refractivity contribution in [2.75, 3.05) is 26.3 Å². The molecule has 0 amide bonds. The molecule has 4 heteroatoms. The summed E-state index contributed by atoms with van der Waals surface area (Å²) in [5.74, 6) is 0. The largest absolute Gasteiger partial charge is 0.379 e. The number of nitrogens with zero attached hydrogens (tertiary/aromatic N) is 3. The minimum absolute atomic E-state index is 0.406. The first-order valence-corrected chi connectivity index (χ1v) is 7.67. The average Bonchev–Trinajstić information content (AvgIpc) is 2.96. The van der Waals surface area contributed by atoms with Crippen molar-refractivity contribution in [1.82, 2.24) is 9.47 Å². The van der Waals surface area contributed by atoms with E-state index in [-0.39, 0.29) is 0 Å². The highest BCUT2D eigenvalue weighted by molar-refractivity contribution is 5.65. The van der Waals surface area contributed by atoms with Crippen LogP contribution in [0.1, 0.15) is 24.2 Å². The Bertz CT molecular complexity index is 675. The lowest BCUT2D eigenvalue weighted by Crippen LogP contribution is -2.37. The number of aromatic nitrogens is 1. The van der Waals surface area contributed by atoms with Crippen LogP contribution in [-0.4, -0.2) is 35.8 Å². The fraction of sp³-hybridized carbons (Fsp3) is 0.389. The van der Waals surface area contributed by atoms with E-state index in [1.807, 2.05) is 23.9 Å². The molecule has 1 aliphatic heterocycles. The summed E-state index contributed by atoms with van der Waals surface area (Å²) in [5.41, 5.74) is 4.24. The fourth-order valence-electron chi connectivity index (χ4n) is 2.96. The predicted octanol–water partition coefficient (Wildman–Crippen LogP) is 2.96. The van der Waals surface area contributed by atoms with Crippen LogP contribution in [0.3, 0.4) is 0 Å². The Labute approximate surface area is 131 Å². The lowest BCUT2D eigenvalue weighted by molar-refractivity contribution is 0.0198. The van der Waals surface area contributed by atoms with Crippen LogP contribution in [0.25, 0.3) is 11.1 Å². The van der Waals surface area contributed by atoms with Crippen molar-refractivity contribution in [3.8, 4) is 17.2 Å². The fourth-order valence-corrected chi connectivity index (χ4v) is 2.96. The standard InChI is InChI=1S/C18H21N3O/c1-14(21-7-9-22-10-8-21)15-3-5-16(6-4-15)17-11-18(12-19)20(2)13-17/h3-6,11,13-14H,7-10H2,1-2H3.